The molecule has 7 heteroatoms. The second-order valence-corrected chi connectivity index (χ2v) is 5.63. The molecule has 1 aromatic heterocycles. The molecule has 1 aliphatic rings. The molecule has 0 aromatic carbocycles. The van der Waals surface area contributed by atoms with Crippen LogP contribution in [0, 0.1) is 5.92 Å². The third kappa shape index (κ3) is 3.37. The lowest BCUT2D eigenvalue weighted by Crippen LogP contribution is -2.44. The van der Waals surface area contributed by atoms with E-state index in [1.165, 1.54) is 11.3 Å². The average molecular weight is 282 g/mol. The van der Waals surface area contributed by atoms with Crippen molar-refractivity contribution < 1.29 is 9.59 Å². The van der Waals surface area contributed by atoms with E-state index in [0.717, 1.165) is 19.4 Å². The highest BCUT2D eigenvalue weighted by Crippen LogP contribution is 2.24. The van der Waals surface area contributed by atoms with Gasteiger partial charge in [0.2, 0.25) is 0 Å². The molecule has 1 atom stereocenters. The predicted molar refractivity (Wildman–Crippen MR) is 74.9 cm³/mol. The monoisotopic (exact) mass is 282 g/mol. The molecule has 0 saturated carbocycles. The molecule has 1 aliphatic heterocycles. The first-order valence-corrected chi connectivity index (χ1v) is 7.11. The largest absolute Gasteiger partial charge is 0.397 e. The van der Waals surface area contributed by atoms with Gasteiger partial charge in [-0.25, -0.2) is 4.79 Å². The second kappa shape index (κ2) is 5.92. The molecule has 2 rings (SSSR count). The maximum Gasteiger partial charge on any atom is 0.312 e. The number of hydrogen-bond donors (Lipinski definition) is 3. The number of nitrogens with zero attached hydrogens (tertiary/aromatic N) is 1. The zero-order chi connectivity index (χ0) is 13.8. The van der Waals surface area contributed by atoms with Crippen LogP contribution in [0.5, 0.6) is 0 Å². The Morgan fingerprint density at radius 1 is 1.53 bits per heavy atom. The zero-order valence-corrected chi connectivity index (χ0v) is 11.4. The van der Waals surface area contributed by atoms with Crippen LogP contribution in [0.3, 0.4) is 0 Å². The smallest absolute Gasteiger partial charge is 0.312 e. The minimum Gasteiger partial charge on any atom is -0.397 e. The van der Waals surface area contributed by atoms with E-state index in [9.17, 15) is 9.59 Å². The van der Waals surface area contributed by atoms with Gasteiger partial charge in [-0.1, -0.05) is 0 Å². The van der Waals surface area contributed by atoms with Gasteiger partial charge in [0.25, 0.3) is 5.91 Å². The van der Waals surface area contributed by atoms with Crippen molar-refractivity contribution in [2.75, 3.05) is 25.4 Å². The lowest BCUT2D eigenvalue weighted by Gasteiger charge is -2.32. The van der Waals surface area contributed by atoms with Crippen LogP contribution < -0.4 is 16.8 Å². The van der Waals surface area contributed by atoms with E-state index in [0.29, 0.717) is 23.7 Å². The summed E-state index contributed by atoms with van der Waals surface area (Å²) < 4.78 is 0. The van der Waals surface area contributed by atoms with Gasteiger partial charge in [0, 0.05) is 19.6 Å². The highest BCUT2D eigenvalue weighted by Gasteiger charge is 2.26. The van der Waals surface area contributed by atoms with E-state index < -0.39 is 6.03 Å². The third-order valence-corrected chi connectivity index (χ3v) is 4.18. The molecule has 0 bridgehead atoms. The molecule has 1 saturated heterocycles. The number of nitrogens with two attached hydrogens (primary N) is 2. The van der Waals surface area contributed by atoms with Gasteiger partial charge in [0.1, 0.15) is 4.88 Å². The Morgan fingerprint density at radius 2 is 2.32 bits per heavy atom. The number of urea groups is 1. The van der Waals surface area contributed by atoms with Gasteiger partial charge in [0.05, 0.1) is 5.69 Å². The van der Waals surface area contributed by atoms with Gasteiger partial charge in [-0.15, -0.1) is 11.3 Å². The highest BCUT2D eigenvalue weighted by molar-refractivity contribution is 7.12. The van der Waals surface area contributed by atoms with Crippen LogP contribution in [-0.2, 0) is 0 Å². The van der Waals surface area contributed by atoms with Crippen LogP contribution in [0.4, 0.5) is 10.5 Å². The molecule has 0 spiro atoms. The van der Waals surface area contributed by atoms with E-state index in [1.54, 1.807) is 11.0 Å². The van der Waals surface area contributed by atoms with Crippen molar-refractivity contribution in [3.63, 3.8) is 0 Å². The van der Waals surface area contributed by atoms with E-state index in [1.807, 2.05) is 5.38 Å². The third-order valence-electron chi connectivity index (χ3n) is 3.26. The molecule has 0 aliphatic carbocycles. The van der Waals surface area contributed by atoms with E-state index in [4.69, 9.17) is 11.5 Å². The number of likely N-dealkylation sites (tertiary alicyclic amines) is 1. The maximum atomic E-state index is 12.3. The minimum atomic E-state index is -0.522. The van der Waals surface area contributed by atoms with E-state index in [-0.39, 0.29) is 11.8 Å². The number of amides is 3. The number of rotatable bonds is 3. The molecular formula is C12H18N4O2S. The van der Waals surface area contributed by atoms with Crippen molar-refractivity contribution in [2.24, 2.45) is 11.7 Å². The lowest BCUT2D eigenvalue weighted by atomic mass is 9.98. The molecule has 104 valence electrons. The summed E-state index contributed by atoms with van der Waals surface area (Å²) in [4.78, 5) is 25.4. The Kier molecular flexibility index (Phi) is 4.26. The normalized spacial score (nSPS) is 19.2. The summed E-state index contributed by atoms with van der Waals surface area (Å²) >= 11 is 1.36. The van der Waals surface area contributed by atoms with E-state index in [2.05, 4.69) is 5.32 Å². The molecule has 6 nitrogen and oxygen atoms in total. The van der Waals surface area contributed by atoms with Crippen molar-refractivity contribution >= 4 is 29.0 Å². The average Bonchev–Trinajstić information content (AvgIpc) is 2.82. The van der Waals surface area contributed by atoms with Gasteiger partial charge < -0.3 is 21.7 Å². The fourth-order valence-corrected chi connectivity index (χ4v) is 3.08. The summed E-state index contributed by atoms with van der Waals surface area (Å²) in [5.41, 5.74) is 11.4. The number of anilines is 1. The highest BCUT2D eigenvalue weighted by atomic mass is 32.1. The number of piperidine rings is 1. The summed E-state index contributed by atoms with van der Waals surface area (Å²) in [6.07, 6.45) is 1.92. The standard InChI is InChI=1S/C12H18N4O2S/c13-9-3-5-19-10(9)11(17)16-4-1-2-8(7-16)6-15-12(14)18/h3,5,8H,1-2,4,6-7,13H2,(H3,14,15,18). The predicted octanol–water partition coefficient (Wildman–Crippen LogP) is 0.851. The Bertz CT molecular complexity index is 474. The van der Waals surface area contributed by atoms with Gasteiger partial charge in [-0.05, 0) is 30.2 Å². The second-order valence-electron chi connectivity index (χ2n) is 4.71. The summed E-state index contributed by atoms with van der Waals surface area (Å²) in [6, 6.07) is 1.22. The molecule has 1 aromatic rings. The molecule has 2 heterocycles. The molecule has 5 N–H and O–H groups in total. The Labute approximate surface area is 115 Å². The number of carbonyl (C=O) groups excluding carboxylic acids is 2. The summed E-state index contributed by atoms with van der Waals surface area (Å²) in [5, 5.41) is 4.42. The number of nitrogens with one attached hydrogen (secondary N) is 1. The molecule has 0 radical (unpaired) electrons. The zero-order valence-electron chi connectivity index (χ0n) is 10.6. The van der Waals surface area contributed by atoms with Crippen LogP contribution in [-0.4, -0.2) is 36.5 Å². The van der Waals surface area contributed by atoms with Crippen LogP contribution in [0.15, 0.2) is 11.4 Å². The number of primary amides is 1. The molecule has 1 fully saturated rings. The first-order chi connectivity index (χ1) is 9.08. The molecule has 19 heavy (non-hydrogen) atoms. The summed E-state index contributed by atoms with van der Waals surface area (Å²) in [5.74, 6) is 0.239. The molecular weight excluding hydrogens is 264 g/mol. The Hall–Kier alpha value is -1.76. The van der Waals surface area contributed by atoms with Gasteiger partial charge in [-0.2, -0.15) is 0 Å². The van der Waals surface area contributed by atoms with Crippen molar-refractivity contribution in [2.45, 2.75) is 12.8 Å². The number of carbonyl (C=O) groups is 2. The van der Waals surface area contributed by atoms with Crippen LogP contribution in [0.1, 0.15) is 22.5 Å². The van der Waals surface area contributed by atoms with Crippen LogP contribution in [0.25, 0.3) is 0 Å². The number of thiophene rings is 1. The fourth-order valence-electron chi connectivity index (χ4n) is 2.30. The molecule has 1 unspecified atom stereocenters. The van der Waals surface area contributed by atoms with Crippen LogP contribution in [0.2, 0.25) is 0 Å². The maximum absolute atomic E-state index is 12.3. The van der Waals surface area contributed by atoms with Gasteiger partial charge >= 0.3 is 6.03 Å². The summed E-state index contributed by atoms with van der Waals surface area (Å²) in [7, 11) is 0. The Balaban J connectivity index is 1.95. The van der Waals surface area contributed by atoms with Gasteiger partial charge in [-0.3, -0.25) is 4.79 Å². The Morgan fingerprint density at radius 3 is 2.95 bits per heavy atom. The fraction of sp³-hybridized carbons (Fsp3) is 0.500. The van der Waals surface area contributed by atoms with E-state index >= 15 is 0 Å². The SMILES string of the molecule is NC(=O)NCC1CCCN(C(=O)c2sccc2N)C1. The van der Waals surface area contributed by atoms with Crippen molar-refractivity contribution in [1.29, 1.82) is 0 Å². The lowest BCUT2D eigenvalue weighted by molar-refractivity contribution is 0.0681. The minimum absolute atomic E-state index is 0.0173. The van der Waals surface area contributed by atoms with Crippen LogP contribution >= 0.6 is 11.3 Å². The number of nitrogen functional groups attached to an aromatic ring is 1. The topological polar surface area (TPSA) is 101 Å². The number of hydrogen-bond acceptors (Lipinski definition) is 4. The van der Waals surface area contributed by atoms with Crippen molar-refractivity contribution in [3.05, 3.63) is 16.3 Å². The first kappa shape index (κ1) is 13.7. The van der Waals surface area contributed by atoms with Crippen molar-refractivity contribution in [3.8, 4) is 0 Å². The van der Waals surface area contributed by atoms with Crippen molar-refractivity contribution in [1.82, 2.24) is 10.2 Å². The first-order valence-electron chi connectivity index (χ1n) is 6.23. The quantitative estimate of drug-likeness (QED) is 0.766. The summed E-state index contributed by atoms with van der Waals surface area (Å²) in [6.45, 7) is 1.89. The molecule has 3 amide bonds. The van der Waals surface area contributed by atoms with Gasteiger partial charge in [0.15, 0.2) is 0 Å².